The molecule has 0 spiro atoms. The van der Waals surface area contributed by atoms with Crippen molar-refractivity contribution in [3.63, 3.8) is 0 Å². The van der Waals surface area contributed by atoms with Crippen LogP contribution in [0.4, 0.5) is 17.1 Å². The normalized spacial score (nSPS) is 15.2. The molecule has 0 unspecified atom stereocenters. The SMILES string of the molecule is CC(C)(C)c1ccccc1-c1cc2ccccc2cc1N(c1cccc(C2CCCCC2)c1)c1ccc2c(c1)C(C)(C)c1cccc(-c3ccccc3)c1-2. The van der Waals surface area contributed by atoms with Crippen molar-refractivity contribution < 1.29 is 0 Å². The Balaban J connectivity index is 1.30. The van der Waals surface area contributed by atoms with E-state index in [1.165, 1.54) is 116 Å². The molecule has 7 aromatic rings. The fourth-order valence-corrected chi connectivity index (χ4v) is 9.56. The molecule has 0 N–H and O–H groups in total. The second kappa shape index (κ2) is 13.5. The lowest BCUT2D eigenvalue weighted by Gasteiger charge is -2.32. The van der Waals surface area contributed by atoms with Gasteiger partial charge in [0.05, 0.1) is 5.69 Å². The van der Waals surface area contributed by atoms with Crippen LogP contribution in [0.1, 0.15) is 94.9 Å². The van der Waals surface area contributed by atoms with Crippen LogP contribution in [-0.4, -0.2) is 0 Å². The minimum Gasteiger partial charge on any atom is -0.310 e. The van der Waals surface area contributed by atoms with Gasteiger partial charge in [0.1, 0.15) is 0 Å². The summed E-state index contributed by atoms with van der Waals surface area (Å²) < 4.78 is 0. The Labute approximate surface area is 322 Å². The van der Waals surface area contributed by atoms with Crippen molar-refractivity contribution in [3.05, 3.63) is 174 Å². The Hall–Kier alpha value is -5.40. The summed E-state index contributed by atoms with van der Waals surface area (Å²) in [6.07, 6.45) is 6.55. The molecule has 0 radical (unpaired) electrons. The summed E-state index contributed by atoms with van der Waals surface area (Å²) in [5, 5.41) is 2.51. The number of hydrogen-bond acceptors (Lipinski definition) is 1. The van der Waals surface area contributed by atoms with E-state index < -0.39 is 0 Å². The van der Waals surface area contributed by atoms with Crippen molar-refractivity contribution in [2.24, 2.45) is 0 Å². The van der Waals surface area contributed by atoms with Crippen molar-refractivity contribution in [2.45, 2.75) is 83.5 Å². The van der Waals surface area contributed by atoms with Crippen LogP contribution in [0.25, 0.3) is 44.2 Å². The lowest BCUT2D eigenvalue weighted by molar-refractivity contribution is 0.443. The van der Waals surface area contributed by atoms with Gasteiger partial charge in [-0.3, -0.25) is 0 Å². The predicted molar refractivity (Wildman–Crippen MR) is 232 cm³/mol. The third kappa shape index (κ3) is 5.95. The van der Waals surface area contributed by atoms with E-state index in [9.17, 15) is 0 Å². The molecule has 0 atom stereocenters. The minimum atomic E-state index is -0.161. The minimum absolute atomic E-state index is 0.0228. The monoisotopic (exact) mass is 701 g/mol. The van der Waals surface area contributed by atoms with Crippen LogP contribution < -0.4 is 4.90 Å². The van der Waals surface area contributed by atoms with E-state index in [1.54, 1.807) is 0 Å². The molecular formula is C53H51N. The molecule has 268 valence electrons. The molecule has 7 aromatic carbocycles. The number of anilines is 3. The van der Waals surface area contributed by atoms with E-state index in [1.807, 2.05) is 0 Å². The zero-order valence-electron chi connectivity index (χ0n) is 32.5. The molecule has 1 fully saturated rings. The molecule has 1 heteroatoms. The highest BCUT2D eigenvalue weighted by atomic mass is 15.1. The Morgan fingerprint density at radius 1 is 0.519 bits per heavy atom. The maximum atomic E-state index is 2.57. The van der Waals surface area contributed by atoms with Crippen LogP contribution in [0.5, 0.6) is 0 Å². The lowest BCUT2D eigenvalue weighted by Crippen LogP contribution is -2.17. The second-order valence-electron chi connectivity index (χ2n) is 17.2. The van der Waals surface area contributed by atoms with Crippen LogP contribution in [0.2, 0.25) is 0 Å². The Morgan fingerprint density at radius 3 is 1.96 bits per heavy atom. The number of hydrogen-bond donors (Lipinski definition) is 0. The summed E-state index contributed by atoms with van der Waals surface area (Å²) in [4.78, 5) is 2.57. The summed E-state index contributed by atoms with van der Waals surface area (Å²) in [7, 11) is 0. The maximum absolute atomic E-state index is 2.57. The van der Waals surface area contributed by atoms with E-state index in [0.29, 0.717) is 5.92 Å². The van der Waals surface area contributed by atoms with E-state index in [0.717, 1.165) is 0 Å². The van der Waals surface area contributed by atoms with Gasteiger partial charge in [0, 0.05) is 22.4 Å². The Kier molecular flexibility index (Phi) is 8.57. The standard InChI is InChI=1S/C53H51N/c1-52(2,3)47-28-15-14-26-44(47)46-33-39-22-12-13-23-40(39)34-50(46)54(41-25-16-24-38(32-41)36-18-8-6-9-19-36)42-30-31-45-49(35-42)53(4,5)48-29-17-27-43(51(45)48)37-20-10-7-11-21-37/h7,10-17,20-36H,6,8-9,18-19H2,1-5H3. The van der Waals surface area contributed by atoms with Crippen LogP contribution >= 0.6 is 0 Å². The van der Waals surface area contributed by atoms with E-state index in [2.05, 4.69) is 191 Å². The molecule has 0 amide bonds. The largest absolute Gasteiger partial charge is 0.310 e. The molecular weight excluding hydrogens is 651 g/mol. The molecule has 54 heavy (non-hydrogen) atoms. The summed E-state index contributed by atoms with van der Waals surface area (Å²) >= 11 is 0. The molecule has 1 nitrogen and oxygen atoms in total. The molecule has 2 aliphatic carbocycles. The third-order valence-corrected chi connectivity index (χ3v) is 12.4. The molecule has 0 bridgehead atoms. The molecule has 1 saturated carbocycles. The summed E-state index contributed by atoms with van der Waals surface area (Å²) in [5.74, 6) is 0.614. The smallest absolute Gasteiger partial charge is 0.0546 e. The van der Waals surface area contributed by atoms with Crippen LogP contribution in [0.3, 0.4) is 0 Å². The number of fused-ring (bicyclic) bond motifs is 4. The van der Waals surface area contributed by atoms with Gasteiger partial charge in [-0.05, 0) is 121 Å². The van der Waals surface area contributed by atoms with Crippen molar-refractivity contribution in [1.82, 2.24) is 0 Å². The van der Waals surface area contributed by atoms with Crippen LogP contribution in [0.15, 0.2) is 152 Å². The summed E-state index contributed by atoms with van der Waals surface area (Å²) in [5.41, 5.74) is 16.9. The lowest BCUT2D eigenvalue weighted by atomic mass is 9.81. The van der Waals surface area contributed by atoms with Crippen molar-refractivity contribution in [3.8, 4) is 33.4 Å². The van der Waals surface area contributed by atoms with Crippen LogP contribution in [-0.2, 0) is 10.8 Å². The van der Waals surface area contributed by atoms with Gasteiger partial charge >= 0.3 is 0 Å². The van der Waals surface area contributed by atoms with Gasteiger partial charge in [0.15, 0.2) is 0 Å². The first kappa shape index (κ1) is 34.4. The van der Waals surface area contributed by atoms with Gasteiger partial charge < -0.3 is 4.90 Å². The summed E-state index contributed by atoms with van der Waals surface area (Å²) in [6.45, 7) is 11.8. The highest BCUT2D eigenvalue weighted by Crippen LogP contribution is 2.54. The van der Waals surface area contributed by atoms with E-state index in [4.69, 9.17) is 0 Å². The zero-order valence-corrected chi connectivity index (χ0v) is 32.5. The van der Waals surface area contributed by atoms with Crippen molar-refractivity contribution in [2.75, 3.05) is 4.90 Å². The zero-order chi connectivity index (χ0) is 37.0. The number of benzene rings is 7. The molecule has 0 heterocycles. The van der Waals surface area contributed by atoms with E-state index >= 15 is 0 Å². The fourth-order valence-electron chi connectivity index (χ4n) is 9.56. The molecule has 9 rings (SSSR count). The topological polar surface area (TPSA) is 3.24 Å². The van der Waals surface area contributed by atoms with Gasteiger partial charge in [0.2, 0.25) is 0 Å². The number of nitrogens with zero attached hydrogens (tertiary/aromatic N) is 1. The Bertz CT molecular complexity index is 2490. The van der Waals surface area contributed by atoms with Gasteiger partial charge in [0.25, 0.3) is 0 Å². The molecule has 2 aliphatic rings. The molecule has 0 aliphatic heterocycles. The average molecular weight is 702 g/mol. The third-order valence-electron chi connectivity index (χ3n) is 12.4. The predicted octanol–water partition coefficient (Wildman–Crippen LogP) is 15.3. The first-order valence-corrected chi connectivity index (χ1v) is 20.0. The Morgan fingerprint density at radius 2 is 1.19 bits per heavy atom. The van der Waals surface area contributed by atoms with Gasteiger partial charge in [-0.25, -0.2) is 0 Å². The molecule has 0 aromatic heterocycles. The summed E-state index contributed by atoms with van der Waals surface area (Å²) in [6, 6.07) is 57.4. The van der Waals surface area contributed by atoms with Crippen LogP contribution in [0, 0.1) is 0 Å². The second-order valence-corrected chi connectivity index (χ2v) is 17.2. The average Bonchev–Trinajstić information content (AvgIpc) is 3.43. The van der Waals surface area contributed by atoms with Gasteiger partial charge in [-0.1, -0.05) is 169 Å². The maximum Gasteiger partial charge on any atom is 0.0546 e. The van der Waals surface area contributed by atoms with Crippen molar-refractivity contribution >= 4 is 27.8 Å². The first-order chi connectivity index (χ1) is 26.2. The molecule has 0 saturated heterocycles. The first-order valence-electron chi connectivity index (χ1n) is 20.0. The number of rotatable bonds is 6. The fraction of sp³-hybridized carbons (Fsp3) is 0.245. The highest BCUT2D eigenvalue weighted by molar-refractivity contribution is 6.00. The van der Waals surface area contributed by atoms with Crippen molar-refractivity contribution in [1.29, 1.82) is 0 Å². The quantitative estimate of drug-likeness (QED) is 0.167. The van der Waals surface area contributed by atoms with Gasteiger partial charge in [-0.2, -0.15) is 0 Å². The highest BCUT2D eigenvalue weighted by Gasteiger charge is 2.38. The van der Waals surface area contributed by atoms with E-state index in [-0.39, 0.29) is 10.8 Å². The van der Waals surface area contributed by atoms with Gasteiger partial charge in [-0.15, -0.1) is 0 Å².